The van der Waals surface area contributed by atoms with Crippen molar-refractivity contribution in [3.8, 4) is 6.01 Å². The molecule has 0 unspecified atom stereocenters. The van der Waals surface area contributed by atoms with Gasteiger partial charge in [0.2, 0.25) is 5.56 Å². The Hall–Kier alpha value is -3.52. The molecule has 1 saturated heterocycles. The average Bonchev–Trinajstić information content (AvgIpc) is 2.83. The van der Waals surface area contributed by atoms with Crippen molar-refractivity contribution in [2.45, 2.75) is 12.8 Å². The van der Waals surface area contributed by atoms with E-state index in [1.54, 1.807) is 18.3 Å². The highest BCUT2D eigenvalue weighted by Crippen LogP contribution is 2.28. The molecule has 1 fully saturated rings. The minimum absolute atomic E-state index is 0.195. The van der Waals surface area contributed by atoms with Gasteiger partial charge in [0.15, 0.2) is 0 Å². The molecule has 0 bridgehead atoms. The zero-order chi connectivity index (χ0) is 22.6. The Kier molecular flexibility index (Phi) is 6.17. The number of benzene rings is 2. The van der Waals surface area contributed by atoms with Gasteiger partial charge in [-0.05, 0) is 49.0 Å². The molecule has 8 heteroatoms. The number of fused-ring (bicyclic) bond motifs is 2. The van der Waals surface area contributed by atoms with Crippen molar-refractivity contribution in [1.82, 2.24) is 19.9 Å². The number of hydrogen-bond acceptors (Lipinski definition) is 6. The molecule has 7 nitrogen and oxygen atoms in total. The topological polar surface area (TPSA) is 74.3 Å². The van der Waals surface area contributed by atoms with Gasteiger partial charge in [0.1, 0.15) is 11.5 Å². The predicted molar refractivity (Wildman–Crippen MR) is 127 cm³/mol. The summed E-state index contributed by atoms with van der Waals surface area (Å²) >= 11 is 0. The lowest BCUT2D eigenvalue weighted by molar-refractivity contribution is 0.234. The minimum atomic E-state index is -0.196. The van der Waals surface area contributed by atoms with E-state index in [-0.39, 0.29) is 17.4 Å². The van der Waals surface area contributed by atoms with E-state index >= 15 is 0 Å². The monoisotopic (exact) mass is 447 g/mol. The van der Waals surface area contributed by atoms with Crippen LogP contribution in [0.5, 0.6) is 6.01 Å². The number of H-pyrrole nitrogens is 1. The van der Waals surface area contributed by atoms with Crippen LogP contribution in [-0.4, -0.2) is 59.2 Å². The Morgan fingerprint density at radius 2 is 1.85 bits per heavy atom. The first kappa shape index (κ1) is 21.3. The van der Waals surface area contributed by atoms with E-state index < -0.39 is 0 Å². The second-order valence-electron chi connectivity index (χ2n) is 8.31. The fourth-order valence-corrected chi connectivity index (χ4v) is 4.31. The van der Waals surface area contributed by atoms with Gasteiger partial charge in [-0.15, -0.1) is 0 Å². The second kappa shape index (κ2) is 9.54. The van der Waals surface area contributed by atoms with Crippen LogP contribution in [0.4, 0.5) is 10.1 Å². The van der Waals surface area contributed by atoms with E-state index in [1.807, 2.05) is 18.2 Å². The van der Waals surface area contributed by atoms with E-state index in [1.165, 1.54) is 12.1 Å². The predicted octanol–water partition coefficient (Wildman–Crippen LogP) is 3.59. The first-order valence-electron chi connectivity index (χ1n) is 11.3. The third-order valence-electron chi connectivity index (χ3n) is 6.08. The van der Waals surface area contributed by atoms with Gasteiger partial charge < -0.3 is 14.6 Å². The van der Waals surface area contributed by atoms with Crippen LogP contribution in [0.3, 0.4) is 0 Å². The SMILES string of the molecule is O=c1ccc2cnc(OCCCCN3CCN(c4cccc5ccc(F)cc45)CC3)nc2[nH]1. The van der Waals surface area contributed by atoms with Crippen LogP contribution in [0.1, 0.15) is 12.8 Å². The summed E-state index contributed by atoms with van der Waals surface area (Å²) in [4.78, 5) is 27.4. The number of aromatic amines is 1. The zero-order valence-corrected chi connectivity index (χ0v) is 18.3. The molecule has 5 rings (SSSR count). The number of hydrogen-bond donors (Lipinski definition) is 1. The van der Waals surface area contributed by atoms with Crippen molar-refractivity contribution in [1.29, 1.82) is 0 Å². The average molecular weight is 448 g/mol. The smallest absolute Gasteiger partial charge is 0.318 e. The number of aromatic nitrogens is 3. The molecule has 1 aliphatic rings. The van der Waals surface area contributed by atoms with Gasteiger partial charge in [-0.2, -0.15) is 4.98 Å². The van der Waals surface area contributed by atoms with Crippen molar-refractivity contribution in [2.75, 3.05) is 44.2 Å². The van der Waals surface area contributed by atoms with Crippen molar-refractivity contribution < 1.29 is 9.13 Å². The highest BCUT2D eigenvalue weighted by molar-refractivity contribution is 5.94. The number of unbranched alkanes of at least 4 members (excludes halogenated alkanes) is 1. The molecule has 0 aliphatic carbocycles. The highest BCUT2D eigenvalue weighted by atomic mass is 19.1. The molecular weight excluding hydrogens is 421 g/mol. The first-order chi connectivity index (χ1) is 16.2. The van der Waals surface area contributed by atoms with Crippen LogP contribution in [-0.2, 0) is 0 Å². The summed E-state index contributed by atoms with van der Waals surface area (Å²) < 4.78 is 19.4. The lowest BCUT2D eigenvalue weighted by Gasteiger charge is -2.36. The minimum Gasteiger partial charge on any atom is -0.463 e. The molecule has 3 heterocycles. The number of halogens is 1. The molecular formula is C25H26FN5O2. The van der Waals surface area contributed by atoms with Gasteiger partial charge in [0.25, 0.3) is 0 Å². The lowest BCUT2D eigenvalue weighted by Crippen LogP contribution is -2.46. The van der Waals surface area contributed by atoms with Crippen LogP contribution >= 0.6 is 0 Å². The van der Waals surface area contributed by atoms with E-state index in [0.717, 1.165) is 67.4 Å². The largest absolute Gasteiger partial charge is 0.463 e. The Labute approximate surface area is 190 Å². The Bertz CT molecular complexity index is 1320. The Morgan fingerprint density at radius 3 is 2.73 bits per heavy atom. The standard InChI is InChI=1S/C25H26FN5O2/c26-20-8-6-18-4-3-5-22(21(18)16-20)31-13-11-30(12-14-31)10-1-2-15-33-25-27-17-19-7-9-23(32)28-24(19)29-25/h3-9,16-17H,1-2,10-15H2,(H,27,28,29,32). The van der Waals surface area contributed by atoms with Crippen LogP contribution < -0.4 is 15.2 Å². The first-order valence-corrected chi connectivity index (χ1v) is 11.3. The molecule has 170 valence electrons. The zero-order valence-electron chi connectivity index (χ0n) is 18.3. The maximum absolute atomic E-state index is 13.8. The molecule has 1 N–H and O–H groups in total. The molecule has 33 heavy (non-hydrogen) atoms. The van der Waals surface area contributed by atoms with Crippen molar-refractivity contribution >= 4 is 27.5 Å². The number of piperazine rings is 1. The molecule has 2 aromatic carbocycles. The number of rotatable bonds is 7. The lowest BCUT2D eigenvalue weighted by atomic mass is 10.1. The Balaban J connectivity index is 1.07. The summed E-state index contributed by atoms with van der Waals surface area (Å²) in [5.74, 6) is -0.196. The van der Waals surface area contributed by atoms with Crippen LogP contribution in [0.2, 0.25) is 0 Å². The maximum Gasteiger partial charge on any atom is 0.318 e. The van der Waals surface area contributed by atoms with E-state index in [4.69, 9.17) is 4.74 Å². The third kappa shape index (κ3) is 4.96. The quantitative estimate of drug-likeness (QED) is 0.437. The van der Waals surface area contributed by atoms with Gasteiger partial charge >= 0.3 is 6.01 Å². The number of nitrogens with one attached hydrogen (secondary N) is 1. The fraction of sp³-hybridized carbons (Fsp3) is 0.320. The number of pyridine rings is 1. The van der Waals surface area contributed by atoms with Crippen molar-refractivity contribution in [3.63, 3.8) is 0 Å². The van der Waals surface area contributed by atoms with E-state index in [9.17, 15) is 9.18 Å². The Morgan fingerprint density at radius 1 is 1.00 bits per heavy atom. The highest BCUT2D eigenvalue weighted by Gasteiger charge is 2.18. The molecule has 1 aliphatic heterocycles. The molecule has 0 atom stereocenters. The summed E-state index contributed by atoms with van der Waals surface area (Å²) in [6, 6.07) is 14.6. The molecule has 4 aromatic rings. The van der Waals surface area contributed by atoms with E-state index in [0.29, 0.717) is 12.3 Å². The fourth-order valence-electron chi connectivity index (χ4n) is 4.31. The molecule has 2 aromatic heterocycles. The van der Waals surface area contributed by atoms with Gasteiger partial charge in [0.05, 0.1) is 6.61 Å². The van der Waals surface area contributed by atoms with Crippen molar-refractivity contribution in [2.24, 2.45) is 0 Å². The van der Waals surface area contributed by atoms with Gasteiger partial charge in [0, 0.05) is 54.9 Å². The number of nitrogens with zero attached hydrogens (tertiary/aromatic N) is 4. The summed E-state index contributed by atoms with van der Waals surface area (Å²) in [6.45, 7) is 5.35. The number of anilines is 1. The van der Waals surface area contributed by atoms with Crippen LogP contribution in [0.25, 0.3) is 21.8 Å². The maximum atomic E-state index is 13.8. The summed E-state index contributed by atoms with van der Waals surface area (Å²) in [5.41, 5.74) is 1.40. The second-order valence-corrected chi connectivity index (χ2v) is 8.31. The van der Waals surface area contributed by atoms with Crippen molar-refractivity contribution in [3.05, 3.63) is 70.9 Å². The molecule has 0 saturated carbocycles. The normalized spacial score (nSPS) is 14.8. The van der Waals surface area contributed by atoms with Gasteiger partial charge in [-0.25, -0.2) is 9.37 Å². The molecule has 0 amide bonds. The summed E-state index contributed by atoms with van der Waals surface area (Å²) in [5, 5.41) is 2.82. The number of ether oxygens (including phenoxy) is 1. The third-order valence-corrected chi connectivity index (χ3v) is 6.08. The van der Waals surface area contributed by atoms with Gasteiger partial charge in [-0.3, -0.25) is 9.69 Å². The molecule has 0 radical (unpaired) electrons. The van der Waals surface area contributed by atoms with E-state index in [2.05, 4.69) is 30.8 Å². The molecule has 0 spiro atoms. The van der Waals surface area contributed by atoms with Gasteiger partial charge in [-0.1, -0.05) is 18.2 Å². The summed E-state index contributed by atoms with van der Waals surface area (Å²) in [7, 11) is 0. The summed E-state index contributed by atoms with van der Waals surface area (Å²) in [6.07, 6.45) is 3.57. The van der Waals surface area contributed by atoms with Crippen LogP contribution in [0, 0.1) is 5.82 Å². The van der Waals surface area contributed by atoms with Crippen LogP contribution in [0.15, 0.2) is 59.5 Å².